The number of rotatable bonds is 2. The molecule has 0 aliphatic heterocycles. The first-order chi connectivity index (χ1) is 8.95. The summed E-state index contributed by atoms with van der Waals surface area (Å²) in [6.07, 6.45) is 5.38. The number of sulfone groups is 1. The molecule has 0 bridgehead atoms. The molecule has 0 aromatic heterocycles. The molecule has 0 atom stereocenters. The number of terminal acetylenes is 1. The normalized spacial score (nSPS) is 11.0. The van der Waals surface area contributed by atoms with Crippen LogP contribution in [0, 0.1) is 26.2 Å². The Morgan fingerprint density at radius 3 is 2.11 bits per heavy atom. The van der Waals surface area contributed by atoms with Gasteiger partial charge in [0.25, 0.3) is 0 Å². The van der Waals surface area contributed by atoms with Crippen molar-refractivity contribution in [3.05, 3.63) is 59.2 Å². The van der Waals surface area contributed by atoms with Gasteiger partial charge in [0.2, 0.25) is 9.84 Å². The van der Waals surface area contributed by atoms with E-state index in [2.05, 4.69) is 5.92 Å². The molecule has 0 radical (unpaired) electrons. The van der Waals surface area contributed by atoms with Crippen LogP contribution < -0.4 is 0 Å². The molecule has 0 aliphatic rings. The fourth-order valence-electron chi connectivity index (χ4n) is 1.78. The zero-order valence-electron chi connectivity index (χ0n) is 10.8. The van der Waals surface area contributed by atoms with E-state index in [9.17, 15) is 8.42 Å². The second-order valence-corrected chi connectivity index (χ2v) is 6.39. The van der Waals surface area contributed by atoms with Gasteiger partial charge in [0.1, 0.15) is 0 Å². The second kappa shape index (κ2) is 4.91. The Hall–Kier alpha value is -2.05. The van der Waals surface area contributed by atoms with Crippen molar-refractivity contribution in [2.24, 2.45) is 0 Å². The summed E-state index contributed by atoms with van der Waals surface area (Å²) in [4.78, 5) is 0.514. The van der Waals surface area contributed by atoms with E-state index in [1.807, 2.05) is 13.8 Å². The maximum absolute atomic E-state index is 12.5. The maximum Gasteiger partial charge on any atom is 0.206 e. The van der Waals surface area contributed by atoms with Gasteiger partial charge in [-0.3, -0.25) is 0 Å². The average Bonchev–Trinajstić information content (AvgIpc) is 2.39. The summed E-state index contributed by atoms with van der Waals surface area (Å²) < 4.78 is 24.9. The van der Waals surface area contributed by atoms with E-state index in [1.54, 1.807) is 42.5 Å². The van der Waals surface area contributed by atoms with Gasteiger partial charge in [0.05, 0.1) is 9.79 Å². The van der Waals surface area contributed by atoms with E-state index in [1.165, 1.54) is 0 Å². The molecule has 0 aliphatic carbocycles. The van der Waals surface area contributed by atoms with Gasteiger partial charge in [-0.1, -0.05) is 29.7 Å². The summed E-state index contributed by atoms with van der Waals surface area (Å²) >= 11 is 0. The molecule has 0 saturated heterocycles. The van der Waals surface area contributed by atoms with Crippen molar-refractivity contribution in [1.82, 2.24) is 0 Å². The highest BCUT2D eigenvalue weighted by Gasteiger charge is 2.18. The van der Waals surface area contributed by atoms with E-state index in [0.717, 1.165) is 11.1 Å². The molecule has 2 aromatic carbocycles. The zero-order chi connectivity index (χ0) is 14.0. The number of benzene rings is 2. The first-order valence-corrected chi connectivity index (χ1v) is 7.32. The van der Waals surface area contributed by atoms with Gasteiger partial charge >= 0.3 is 0 Å². The Labute approximate surface area is 114 Å². The lowest BCUT2D eigenvalue weighted by atomic mass is 10.1. The smallest absolute Gasteiger partial charge is 0.206 e. The van der Waals surface area contributed by atoms with E-state index in [0.29, 0.717) is 5.56 Å². The number of aryl methyl sites for hydroxylation is 2. The van der Waals surface area contributed by atoms with Gasteiger partial charge < -0.3 is 0 Å². The maximum atomic E-state index is 12.5. The molecule has 0 N–H and O–H groups in total. The summed E-state index contributed by atoms with van der Waals surface area (Å²) in [5, 5.41) is 0. The summed E-state index contributed by atoms with van der Waals surface area (Å²) in [5.74, 6) is 2.50. The van der Waals surface area contributed by atoms with Crippen LogP contribution in [0.3, 0.4) is 0 Å². The third-order valence-corrected chi connectivity index (χ3v) is 4.77. The minimum absolute atomic E-state index is 0.231. The topological polar surface area (TPSA) is 34.1 Å². The fourth-order valence-corrected chi connectivity index (χ4v) is 3.06. The minimum Gasteiger partial charge on any atom is -0.219 e. The van der Waals surface area contributed by atoms with Crippen molar-refractivity contribution < 1.29 is 8.42 Å². The Morgan fingerprint density at radius 2 is 1.53 bits per heavy atom. The molecule has 0 amide bonds. The van der Waals surface area contributed by atoms with Crippen LogP contribution in [0.1, 0.15) is 16.7 Å². The van der Waals surface area contributed by atoms with Crippen LogP contribution in [0.4, 0.5) is 0 Å². The highest BCUT2D eigenvalue weighted by atomic mass is 32.2. The Bertz CT molecular complexity index is 748. The first-order valence-electron chi connectivity index (χ1n) is 5.84. The summed E-state index contributed by atoms with van der Waals surface area (Å²) in [6.45, 7) is 3.77. The van der Waals surface area contributed by atoms with Crippen LogP contribution in [0.25, 0.3) is 0 Å². The lowest BCUT2D eigenvalue weighted by Gasteiger charge is -2.07. The van der Waals surface area contributed by atoms with E-state index < -0.39 is 9.84 Å². The molecule has 0 saturated carbocycles. The Kier molecular flexibility index (Phi) is 3.46. The van der Waals surface area contributed by atoms with Crippen molar-refractivity contribution in [3.8, 4) is 12.3 Å². The molecular formula is C16H14O2S. The minimum atomic E-state index is -3.50. The quantitative estimate of drug-likeness (QED) is 0.786. The van der Waals surface area contributed by atoms with Crippen molar-refractivity contribution in [2.45, 2.75) is 23.6 Å². The lowest BCUT2D eigenvalue weighted by Crippen LogP contribution is -2.02. The molecule has 3 heteroatoms. The van der Waals surface area contributed by atoms with Gasteiger partial charge in [-0.05, 0) is 43.7 Å². The average molecular weight is 270 g/mol. The number of hydrogen-bond acceptors (Lipinski definition) is 2. The molecule has 0 heterocycles. The van der Waals surface area contributed by atoms with E-state index in [4.69, 9.17) is 6.42 Å². The van der Waals surface area contributed by atoms with Crippen LogP contribution in [0.15, 0.2) is 52.3 Å². The van der Waals surface area contributed by atoms with Gasteiger partial charge in [-0.15, -0.1) is 6.42 Å². The largest absolute Gasteiger partial charge is 0.219 e. The number of hydrogen-bond donors (Lipinski definition) is 0. The van der Waals surface area contributed by atoms with Gasteiger partial charge in [-0.2, -0.15) is 0 Å². The van der Waals surface area contributed by atoms with Gasteiger partial charge in [0, 0.05) is 5.56 Å². The van der Waals surface area contributed by atoms with Gasteiger partial charge in [-0.25, -0.2) is 8.42 Å². The summed E-state index contributed by atoms with van der Waals surface area (Å²) in [5.41, 5.74) is 2.52. The van der Waals surface area contributed by atoms with Crippen molar-refractivity contribution in [3.63, 3.8) is 0 Å². The van der Waals surface area contributed by atoms with Crippen LogP contribution >= 0.6 is 0 Å². The lowest BCUT2D eigenvalue weighted by molar-refractivity contribution is 0.596. The standard InChI is InChI=1S/C16H14O2S/c1-4-14-11-16(10-7-13(14)3)19(17,18)15-8-5-12(2)6-9-15/h1,5-11H,2-3H3. The Morgan fingerprint density at radius 1 is 0.947 bits per heavy atom. The van der Waals surface area contributed by atoms with Gasteiger partial charge in [0.15, 0.2) is 0 Å². The summed E-state index contributed by atoms with van der Waals surface area (Å²) in [7, 11) is -3.50. The SMILES string of the molecule is C#Cc1cc(S(=O)(=O)c2ccc(C)cc2)ccc1C. The zero-order valence-corrected chi connectivity index (χ0v) is 11.7. The van der Waals surface area contributed by atoms with Crippen LogP contribution in [-0.4, -0.2) is 8.42 Å². The molecule has 19 heavy (non-hydrogen) atoms. The van der Waals surface area contributed by atoms with Crippen molar-refractivity contribution in [1.29, 1.82) is 0 Å². The van der Waals surface area contributed by atoms with Crippen LogP contribution in [0.2, 0.25) is 0 Å². The highest BCUT2D eigenvalue weighted by molar-refractivity contribution is 7.91. The molecule has 0 spiro atoms. The predicted molar refractivity (Wildman–Crippen MR) is 75.7 cm³/mol. The highest BCUT2D eigenvalue weighted by Crippen LogP contribution is 2.23. The molecule has 96 valence electrons. The van der Waals surface area contributed by atoms with Crippen LogP contribution in [-0.2, 0) is 9.84 Å². The summed E-state index contributed by atoms with van der Waals surface area (Å²) in [6, 6.07) is 11.7. The van der Waals surface area contributed by atoms with Crippen molar-refractivity contribution in [2.75, 3.05) is 0 Å². The third-order valence-electron chi connectivity index (χ3n) is 3.01. The Balaban J connectivity index is 2.57. The van der Waals surface area contributed by atoms with E-state index in [-0.39, 0.29) is 9.79 Å². The molecule has 0 unspecified atom stereocenters. The second-order valence-electron chi connectivity index (χ2n) is 4.44. The molecular weight excluding hydrogens is 256 g/mol. The third kappa shape index (κ3) is 2.54. The first kappa shape index (κ1) is 13.4. The monoisotopic (exact) mass is 270 g/mol. The van der Waals surface area contributed by atoms with Crippen LogP contribution in [0.5, 0.6) is 0 Å². The predicted octanol–water partition coefficient (Wildman–Crippen LogP) is 3.12. The van der Waals surface area contributed by atoms with E-state index >= 15 is 0 Å². The van der Waals surface area contributed by atoms with Crippen molar-refractivity contribution >= 4 is 9.84 Å². The molecule has 2 nitrogen and oxygen atoms in total. The molecule has 2 aromatic rings. The molecule has 2 rings (SSSR count). The fraction of sp³-hybridized carbons (Fsp3) is 0.125. The molecule has 0 fully saturated rings.